The highest BCUT2D eigenvalue weighted by atomic mass is 35.5. The quantitative estimate of drug-likeness (QED) is 0.223. The van der Waals surface area contributed by atoms with Crippen LogP contribution in [0.2, 0.25) is 5.02 Å². The van der Waals surface area contributed by atoms with Crippen molar-refractivity contribution in [3.63, 3.8) is 0 Å². The molecule has 5 rings (SSSR count). The van der Waals surface area contributed by atoms with Crippen LogP contribution in [0, 0.1) is 6.92 Å². The Kier molecular flexibility index (Phi) is 9.82. The van der Waals surface area contributed by atoms with Crippen LogP contribution >= 0.6 is 11.6 Å². The standard InChI is InChI=1S/C26H24ClN7O2.C5H13N/c1-15-5-4-6-21(27)23(15)33-16(2)20-14-30-25(31-18-9-7-17(28)8-10-18)32-24(20)34(26(33)35)22-12-11-19(36-3)13-29-22;1-4-6(3)5-2/h4-14,16H,28H2,1-3H3,(H,30,31,32);4-5H2,1-3H3. The summed E-state index contributed by atoms with van der Waals surface area (Å²) in [7, 11) is 3.67. The third-order valence-electron chi connectivity index (χ3n) is 7.10. The van der Waals surface area contributed by atoms with Crippen LogP contribution in [0.5, 0.6) is 5.75 Å². The Bertz CT molecular complexity index is 1490. The maximum absolute atomic E-state index is 14.1. The Hall–Kier alpha value is -4.41. The van der Waals surface area contributed by atoms with Crippen LogP contribution < -0.4 is 25.6 Å². The van der Waals surface area contributed by atoms with Crippen LogP contribution in [0.4, 0.5) is 39.4 Å². The summed E-state index contributed by atoms with van der Waals surface area (Å²) in [4.78, 5) is 33.2. The second kappa shape index (κ2) is 13.5. The number of nitrogens with one attached hydrogen (secondary N) is 1. The molecule has 3 heterocycles. The molecule has 3 N–H and O–H groups in total. The smallest absolute Gasteiger partial charge is 0.336 e. The molecule has 0 saturated heterocycles. The van der Waals surface area contributed by atoms with Gasteiger partial charge in [0.05, 0.1) is 30.1 Å². The fourth-order valence-corrected chi connectivity index (χ4v) is 4.70. The van der Waals surface area contributed by atoms with Gasteiger partial charge in [-0.1, -0.05) is 37.6 Å². The summed E-state index contributed by atoms with van der Waals surface area (Å²) in [6.07, 6.45) is 3.27. The van der Waals surface area contributed by atoms with Gasteiger partial charge in [0.25, 0.3) is 0 Å². The normalized spacial score (nSPS) is 14.3. The molecule has 42 heavy (non-hydrogen) atoms. The van der Waals surface area contributed by atoms with E-state index in [-0.39, 0.29) is 12.1 Å². The number of amides is 2. The summed E-state index contributed by atoms with van der Waals surface area (Å²) in [6.45, 7) is 10.5. The third kappa shape index (κ3) is 6.56. The van der Waals surface area contributed by atoms with E-state index in [9.17, 15) is 4.79 Å². The van der Waals surface area contributed by atoms with Gasteiger partial charge in [0.1, 0.15) is 11.6 Å². The number of benzene rings is 2. The summed E-state index contributed by atoms with van der Waals surface area (Å²) in [6, 6.07) is 15.5. The van der Waals surface area contributed by atoms with Crippen molar-refractivity contribution in [1.82, 2.24) is 19.9 Å². The minimum absolute atomic E-state index is 0.332. The lowest BCUT2D eigenvalue weighted by molar-refractivity contribution is 0.250. The van der Waals surface area contributed by atoms with Gasteiger partial charge in [-0.3, -0.25) is 4.90 Å². The molecule has 0 fully saturated rings. The molecule has 1 aliphatic heterocycles. The van der Waals surface area contributed by atoms with Gasteiger partial charge in [-0.25, -0.2) is 19.7 Å². The number of nitrogens with zero attached hydrogens (tertiary/aromatic N) is 6. The molecule has 10 nitrogen and oxygen atoms in total. The number of carbonyl (C=O) groups excluding carboxylic acids is 1. The summed E-state index contributed by atoms with van der Waals surface area (Å²) in [5.74, 6) is 1.73. The number of para-hydroxylation sites is 1. The Morgan fingerprint density at radius 1 is 1.05 bits per heavy atom. The van der Waals surface area contributed by atoms with Gasteiger partial charge in [0, 0.05) is 23.1 Å². The molecule has 1 atom stereocenters. The van der Waals surface area contributed by atoms with Crippen LogP contribution in [0.3, 0.4) is 0 Å². The highest BCUT2D eigenvalue weighted by Gasteiger charge is 2.40. The van der Waals surface area contributed by atoms with Crippen molar-refractivity contribution in [1.29, 1.82) is 0 Å². The van der Waals surface area contributed by atoms with E-state index in [0.29, 0.717) is 39.7 Å². The van der Waals surface area contributed by atoms with E-state index in [1.807, 2.05) is 38.1 Å². The number of hydrogen-bond donors (Lipinski definition) is 2. The first-order valence-electron chi connectivity index (χ1n) is 13.7. The second-order valence-electron chi connectivity index (χ2n) is 9.83. The highest BCUT2D eigenvalue weighted by molar-refractivity contribution is 6.34. The Labute approximate surface area is 252 Å². The summed E-state index contributed by atoms with van der Waals surface area (Å²) in [5, 5.41) is 3.65. The predicted octanol–water partition coefficient (Wildman–Crippen LogP) is 6.97. The van der Waals surface area contributed by atoms with Crippen LogP contribution in [0.1, 0.15) is 37.9 Å². The molecular weight excluding hydrogens is 552 g/mol. The average Bonchev–Trinajstić information content (AvgIpc) is 3.00. The first-order chi connectivity index (χ1) is 20.2. The molecule has 0 saturated carbocycles. The Balaban J connectivity index is 0.000000612. The van der Waals surface area contributed by atoms with E-state index in [1.54, 1.807) is 54.7 Å². The average molecular weight is 589 g/mol. The largest absolute Gasteiger partial charge is 0.495 e. The van der Waals surface area contributed by atoms with Crippen LogP contribution in [-0.2, 0) is 0 Å². The molecule has 0 bridgehead atoms. The van der Waals surface area contributed by atoms with Gasteiger partial charge in [-0.2, -0.15) is 4.98 Å². The third-order valence-corrected chi connectivity index (χ3v) is 7.41. The molecule has 0 radical (unpaired) electrons. The van der Waals surface area contributed by atoms with Gasteiger partial charge in [0.15, 0.2) is 5.82 Å². The van der Waals surface area contributed by atoms with Crippen LogP contribution in [0.15, 0.2) is 67.0 Å². The van der Waals surface area contributed by atoms with Crippen molar-refractivity contribution in [3.8, 4) is 5.75 Å². The molecule has 0 aliphatic carbocycles. The summed E-state index contributed by atoms with van der Waals surface area (Å²) in [5.41, 5.74) is 9.46. The van der Waals surface area contributed by atoms with Gasteiger partial charge in [-0.15, -0.1) is 0 Å². The fraction of sp³-hybridized carbons (Fsp3) is 0.290. The number of nitrogens with two attached hydrogens (primary N) is 1. The number of pyridine rings is 1. The summed E-state index contributed by atoms with van der Waals surface area (Å²) >= 11 is 6.59. The zero-order valence-corrected chi connectivity index (χ0v) is 25.6. The zero-order chi connectivity index (χ0) is 30.4. The molecular formula is C31H37ClN8O2. The van der Waals surface area contributed by atoms with Crippen molar-refractivity contribution >= 4 is 52.3 Å². The zero-order valence-electron chi connectivity index (χ0n) is 24.8. The lowest BCUT2D eigenvalue weighted by Crippen LogP contribution is -2.48. The van der Waals surface area contributed by atoms with Crippen molar-refractivity contribution in [2.45, 2.75) is 33.7 Å². The predicted molar refractivity (Wildman–Crippen MR) is 170 cm³/mol. The second-order valence-corrected chi connectivity index (χ2v) is 10.2. The number of fused-ring (bicyclic) bond motifs is 1. The number of aromatic nitrogens is 3. The molecule has 220 valence electrons. The van der Waals surface area contributed by atoms with Crippen molar-refractivity contribution < 1.29 is 9.53 Å². The van der Waals surface area contributed by atoms with E-state index in [0.717, 1.165) is 29.9 Å². The van der Waals surface area contributed by atoms with Crippen molar-refractivity contribution in [2.75, 3.05) is 48.1 Å². The minimum atomic E-state index is -0.383. The SMILES string of the molecule is CCN(C)CC.COc1ccc(N2C(=O)N(c3c(C)cccc3Cl)C(C)c3cnc(Nc4ccc(N)cc4)nc32)nc1. The fourth-order valence-electron chi connectivity index (χ4n) is 4.39. The molecule has 4 aromatic rings. The van der Waals surface area contributed by atoms with Crippen LogP contribution in [0.25, 0.3) is 0 Å². The van der Waals surface area contributed by atoms with Crippen molar-refractivity contribution in [2.24, 2.45) is 0 Å². The number of rotatable bonds is 7. The minimum Gasteiger partial charge on any atom is -0.495 e. The van der Waals surface area contributed by atoms with E-state index in [2.05, 4.69) is 41.1 Å². The van der Waals surface area contributed by atoms with E-state index >= 15 is 0 Å². The maximum Gasteiger partial charge on any atom is 0.336 e. The number of carbonyl (C=O) groups is 1. The van der Waals surface area contributed by atoms with Crippen molar-refractivity contribution in [3.05, 3.63) is 83.1 Å². The number of methoxy groups -OCH3 is 1. The van der Waals surface area contributed by atoms with Gasteiger partial charge >= 0.3 is 6.03 Å². The lowest BCUT2D eigenvalue weighted by Gasteiger charge is -2.40. The van der Waals surface area contributed by atoms with E-state index in [1.165, 1.54) is 4.90 Å². The number of anilines is 6. The van der Waals surface area contributed by atoms with E-state index < -0.39 is 0 Å². The van der Waals surface area contributed by atoms with E-state index in [4.69, 9.17) is 27.1 Å². The first-order valence-corrected chi connectivity index (χ1v) is 14.1. The number of aryl methyl sites for hydroxylation is 1. The lowest BCUT2D eigenvalue weighted by atomic mass is 10.0. The number of urea groups is 1. The van der Waals surface area contributed by atoms with Gasteiger partial charge in [-0.05, 0) is 82.0 Å². The van der Waals surface area contributed by atoms with Gasteiger partial charge < -0.3 is 20.7 Å². The number of ether oxygens (including phenoxy) is 1. The highest BCUT2D eigenvalue weighted by Crippen LogP contribution is 2.44. The molecule has 1 unspecified atom stereocenters. The molecule has 1 aliphatic rings. The molecule has 2 amide bonds. The Morgan fingerprint density at radius 3 is 2.33 bits per heavy atom. The monoisotopic (exact) mass is 588 g/mol. The molecule has 0 spiro atoms. The number of hydrogen-bond acceptors (Lipinski definition) is 8. The number of halogens is 1. The first kappa shape index (κ1) is 30.5. The molecule has 2 aromatic heterocycles. The number of nitrogen functional groups attached to an aromatic ring is 1. The molecule has 2 aromatic carbocycles. The molecule has 11 heteroatoms. The topological polar surface area (TPSA) is 113 Å². The van der Waals surface area contributed by atoms with Gasteiger partial charge in [0.2, 0.25) is 5.95 Å². The summed E-state index contributed by atoms with van der Waals surface area (Å²) < 4.78 is 5.25. The van der Waals surface area contributed by atoms with Crippen LogP contribution in [-0.4, -0.2) is 53.1 Å². The maximum atomic E-state index is 14.1. The Morgan fingerprint density at radius 2 is 1.76 bits per heavy atom.